The number of aryl methyl sites for hydroxylation is 1. The number of thiophene rings is 1. The van der Waals surface area contributed by atoms with Crippen molar-refractivity contribution in [3.8, 4) is 10.6 Å². The summed E-state index contributed by atoms with van der Waals surface area (Å²) in [6.07, 6.45) is -3.45. The van der Waals surface area contributed by atoms with E-state index >= 15 is 0 Å². The molecular formula is C20H18F3N5O2S. The number of rotatable bonds is 3. The number of carbonyl (C=O) groups excluding carboxylic acids is 1. The fraction of sp³-hybridized carbons (Fsp3) is 0.350. The zero-order chi connectivity index (χ0) is 22.2. The van der Waals surface area contributed by atoms with Crippen LogP contribution in [0.25, 0.3) is 10.6 Å². The Kier molecular flexibility index (Phi) is 5.61. The third kappa shape index (κ3) is 4.50. The maximum atomic E-state index is 13.5. The van der Waals surface area contributed by atoms with Gasteiger partial charge in [-0.15, -0.1) is 11.3 Å². The average Bonchev–Trinajstić information content (AvgIpc) is 3.29. The third-order valence-corrected chi connectivity index (χ3v) is 5.95. The van der Waals surface area contributed by atoms with Crippen LogP contribution in [-0.4, -0.2) is 43.6 Å². The molecule has 3 aromatic rings. The fourth-order valence-electron chi connectivity index (χ4n) is 3.49. The highest BCUT2D eigenvalue weighted by atomic mass is 32.1. The van der Waals surface area contributed by atoms with E-state index in [0.29, 0.717) is 24.3 Å². The molecule has 0 spiro atoms. The van der Waals surface area contributed by atoms with E-state index in [1.165, 1.54) is 35.4 Å². The van der Waals surface area contributed by atoms with Gasteiger partial charge < -0.3 is 4.90 Å². The second-order valence-corrected chi connectivity index (χ2v) is 8.19. The molecule has 1 aliphatic rings. The summed E-state index contributed by atoms with van der Waals surface area (Å²) in [6, 6.07) is 7.01. The summed E-state index contributed by atoms with van der Waals surface area (Å²) >= 11 is 1.30. The second kappa shape index (κ2) is 8.22. The van der Waals surface area contributed by atoms with Crippen molar-refractivity contribution in [3.05, 3.63) is 63.3 Å². The lowest BCUT2D eigenvalue weighted by Gasteiger charge is -2.32. The number of hydrogen-bond acceptors (Lipinski definition) is 6. The Labute approximate surface area is 179 Å². The van der Waals surface area contributed by atoms with Gasteiger partial charge in [0.1, 0.15) is 17.2 Å². The van der Waals surface area contributed by atoms with Gasteiger partial charge in [-0.3, -0.25) is 9.59 Å². The van der Waals surface area contributed by atoms with Gasteiger partial charge >= 0.3 is 6.18 Å². The number of nitrogens with zero attached hydrogens (tertiary/aromatic N) is 5. The Balaban J connectivity index is 1.64. The molecule has 1 aliphatic heterocycles. The predicted molar refractivity (Wildman–Crippen MR) is 108 cm³/mol. The summed E-state index contributed by atoms with van der Waals surface area (Å²) in [7, 11) is 1.45. The van der Waals surface area contributed by atoms with Crippen LogP contribution in [0.2, 0.25) is 0 Å². The summed E-state index contributed by atoms with van der Waals surface area (Å²) in [6.45, 7) is 0.616. The number of hydrogen-bond donors (Lipinski definition) is 0. The van der Waals surface area contributed by atoms with E-state index in [-0.39, 0.29) is 35.2 Å². The van der Waals surface area contributed by atoms with Crippen molar-refractivity contribution in [1.82, 2.24) is 24.6 Å². The lowest BCUT2D eigenvalue weighted by molar-refractivity contribution is -0.141. The summed E-state index contributed by atoms with van der Waals surface area (Å²) in [5, 5.41) is 5.74. The summed E-state index contributed by atoms with van der Waals surface area (Å²) in [5.41, 5.74) is -1.02. The van der Waals surface area contributed by atoms with Gasteiger partial charge in [-0.1, -0.05) is 6.07 Å². The highest BCUT2D eigenvalue weighted by Gasteiger charge is 2.36. The largest absolute Gasteiger partial charge is 0.433 e. The van der Waals surface area contributed by atoms with Crippen molar-refractivity contribution in [1.29, 1.82) is 0 Å². The molecule has 3 aromatic heterocycles. The summed E-state index contributed by atoms with van der Waals surface area (Å²) < 4.78 is 41.5. The number of alkyl halides is 3. The molecule has 0 aromatic carbocycles. The second-order valence-electron chi connectivity index (χ2n) is 7.24. The number of aromatic nitrogens is 4. The van der Waals surface area contributed by atoms with E-state index in [1.54, 1.807) is 17.5 Å². The van der Waals surface area contributed by atoms with Crippen LogP contribution >= 0.6 is 11.3 Å². The van der Waals surface area contributed by atoms with Crippen LogP contribution < -0.4 is 5.56 Å². The minimum absolute atomic E-state index is 0.0733. The van der Waals surface area contributed by atoms with Crippen LogP contribution in [0, 0.1) is 0 Å². The molecule has 11 heteroatoms. The van der Waals surface area contributed by atoms with E-state index in [4.69, 9.17) is 0 Å². The average molecular weight is 449 g/mol. The Morgan fingerprint density at radius 2 is 2.03 bits per heavy atom. The van der Waals surface area contributed by atoms with Crippen molar-refractivity contribution < 1.29 is 18.0 Å². The molecule has 1 saturated heterocycles. The van der Waals surface area contributed by atoms with E-state index in [2.05, 4.69) is 15.1 Å². The molecule has 0 bridgehead atoms. The van der Waals surface area contributed by atoms with Crippen LogP contribution in [0.1, 0.15) is 40.8 Å². The molecule has 1 fully saturated rings. The van der Waals surface area contributed by atoms with Gasteiger partial charge in [0, 0.05) is 32.1 Å². The number of carbonyl (C=O) groups is 1. The van der Waals surface area contributed by atoms with Gasteiger partial charge in [-0.2, -0.15) is 18.3 Å². The lowest BCUT2D eigenvalue weighted by atomic mass is 9.96. The van der Waals surface area contributed by atoms with Crippen molar-refractivity contribution in [2.45, 2.75) is 24.9 Å². The van der Waals surface area contributed by atoms with Crippen LogP contribution in [0.15, 0.2) is 40.5 Å². The molecule has 1 amide bonds. The fourth-order valence-corrected chi connectivity index (χ4v) is 4.18. The van der Waals surface area contributed by atoms with Crippen LogP contribution in [0.3, 0.4) is 0 Å². The Hall–Kier alpha value is -3.08. The van der Waals surface area contributed by atoms with Gasteiger partial charge in [0.15, 0.2) is 0 Å². The first kappa shape index (κ1) is 21.2. The molecular weight excluding hydrogens is 431 g/mol. The Morgan fingerprint density at radius 1 is 1.23 bits per heavy atom. The van der Waals surface area contributed by atoms with Crippen LogP contribution in [0.4, 0.5) is 13.2 Å². The van der Waals surface area contributed by atoms with Crippen molar-refractivity contribution in [2.24, 2.45) is 7.05 Å². The molecule has 0 saturated carbocycles. The Morgan fingerprint density at radius 3 is 2.71 bits per heavy atom. The first-order valence-electron chi connectivity index (χ1n) is 9.56. The first-order valence-corrected chi connectivity index (χ1v) is 10.4. The molecule has 162 valence electrons. The molecule has 4 rings (SSSR count). The Bertz CT molecular complexity index is 1160. The predicted octanol–water partition coefficient (Wildman–Crippen LogP) is 3.34. The summed E-state index contributed by atoms with van der Waals surface area (Å²) in [4.78, 5) is 34.7. The minimum atomic E-state index is -4.60. The molecule has 31 heavy (non-hydrogen) atoms. The van der Waals surface area contributed by atoms with Crippen LogP contribution in [0.5, 0.6) is 0 Å². The maximum Gasteiger partial charge on any atom is 0.433 e. The zero-order valence-corrected chi connectivity index (χ0v) is 17.3. The minimum Gasteiger partial charge on any atom is -0.337 e. The SMILES string of the molecule is Cn1nc(C(=O)N2CCC[C@@H](c3nc(-c4cccs4)cc(C(F)(F)F)n3)C2)ccc1=O. The molecule has 7 nitrogen and oxygen atoms in total. The third-order valence-electron chi connectivity index (χ3n) is 5.06. The highest BCUT2D eigenvalue weighted by molar-refractivity contribution is 7.13. The van der Waals surface area contributed by atoms with Crippen molar-refractivity contribution in [2.75, 3.05) is 13.1 Å². The van der Waals surface area contributed by atoms with E-state index in [0.717, 1.165) is 10.7 Å². The van der Waals surface area contributed by atoms with Gasteiger partial charge in [0.25, 0.3) is 11.5 Å². The van der Waals surface area contributed by atoms with Gasteiger partial charge in [-0.25, -0.2) is 14.6 Å². The molecule has 0 N–H and O–H groups in total. The molecule has 1 atom stereocenters. The number of amides is 1. The smallest absolute Gasteiger partial charge is 0.337 e. The van der Waals surface area contributed by atoms with Gasteiger partial charge in [-0.05, 0) is 36.4 Å². The van der Waals surface area contributed by atoms with Gasteiger partial charge in [0.2, 0.25) is 0 Å². The topological polar surface area (TPSA) is 81.0 Å². The highest BCUT2D eigenvalue weighted by Crippen LogP contribution is 2.34. The normalized spacial score (nSPS) is 17.0. The molecule has 0 radical (unpaired) electrons. The molecule has 0 aliphatic carbocycles. The van der Waals surface area contributed by atoms with Crippen molar-refractivity contribution >= 4 is 17.2 Å². The van der Waals surface area contributed by atoms with E-state index in [1.807, 2.05) is 0 Å². The molecule has 4 heterocycles. The van der Waals surface area contributed by atoms with E-state index < -0.39 is 17.8 Å². The standard InChI is InChI=1S/C20H18F3N5O2S/c1-27-17(29)7-6-13(26-27)19(30)28-8-2-4-12(11-28)18-24-14(15-5-3-9-31-15)10-16(25-18)20(21,22)23/h3,5-7,9-10,12H,2,4,8,11H2,1H3/t12-/m1/s1. The summed E-state index contributed by atoms with van der Waals surface area (Å²) in [5.74, 6) is -0.749. The monoisotopic (exact) mass is 449 g/mol. The number of piperidine rings is 1. The zero-order valence-electron chi connectivity index (χ0n) is 16.5. The lowest BCUT2D eigenvalue weighted by Crippen LogP contribution is -2.40. The van der Waals surface area contributed by atoms with Crippen LogP contribution in [-0.2, 0) is 13.2 Å². The van der Waals surface area contributed by atoms with Crippen molar-refractivity contribution in [3.63, 3.8) is 0 Å². The quantitative estimate of drug-likeness (QED) is 0.613. The molecule has 0 unspecified atom stereocenters. The van der Waals surface area contributed by atoms with E-state index in [9.17, 15) is 22.8 Å². The first-order chi connectivity index (χ1) is 14.7. The van der Waals surface area contributed by atoms with Gasteiger partial charge in [0.05, 0.1) is 10.6 Å². The maximum absolute atomic E-state index is 13.5. The number of likely N-dealkylation sites (tertiary alicyclic amines) is 1. The number of halogens is 3.